The fourth-order valence-corrected chi connectivity index (χ4v) is 1.19. The second-order valence-electron chi connectivity index (χ2n) is 3.37. The van der Waals surface area contributed by atoms with E-state index in [9.17, 15) is 18.0 Å². The van der Waals surface area contributed by atoms with Crippen LogP contribution in [0, 0.1) is 6.92 Å². The highest BCUT2D eigenvalue weighted by molar-refractivity contribution is 5.87. The predicted octanol–water partition coefficient (Wildman–Crippen LogP) is 2.43. The van der Waals surface area contributed by atoms with Crippen molar-refractivity contribution in [3.8, 4) is 5.75 Å². The van der Waals surface area contributed by atoms with Crippen LogP contribution in [0.1, 0.15) is 5.56 Å². The van der Waals surface area contributed by atoms with Crippen molar-refractivity contribution in [1.29, 1.82) is 0 Å². The van der Waals surface area contributed by atoms with Gasteiger partial charge in [0.05, 0.1) is 0 Å². The van der Waals surface area contributed by atoms with Crippen LogP contribution in [-0.4, -0.2) is 18.8 Å². The van der Waals surface area contributed by atoms with Gasteiger partial charge in [-0.15, -0.1) is 0 Å². The average Bonchev–Trinajstić information content (AvgIpc) is 2.13. The topological polar surface area (TPSA) is 64.3 Å². The van der Waals surface area contributed by atoms with Crippen molar-refractivity contribution in [2.75, 3.05) is 11.9 Å². The lowest BCUT2D eigenvalue weighted by Gasteiger charge is -2.12. The van der Waals surface area contributed by atoms with Gasteiger partial charge in [-0.25, -0.2) is 4.79 Å². The molecule has 1 rings (SSSR count). The number of aryl methyl sites for hydroxylation is 1. The first-order valence-corrected chi connectivity index (χ1v) is 4.64. The maximum atomic E-state index is 11.9. The third kappa shape index (κ3) is 4.62. The van der Waals surface area contributed by atoms with Crippen LogP contribution >= 0.6 is 0 Å². The van der Waals surface area contributed by atoms with Gasteiger partial charge in [0.15, 0.2) is 6.61 Å². The van der Waals surface area contributed by atoms with E-state index in [1.54, 1.807) is 6.92 Å². The summed E-state index contributed by atoms with van der Waals surface area (Å²) >= 11 is 0. The van der Waals surface area contributed by atoms with E-state index in [0.717, 1.165) is 0 Å². The number of nitrogens with two attached hydrogens (primary N) is 1. The molecule has 0 unspecified atom stereocenters. The Morgan fingerprint density at radius 2 is 2.12 bits per heavy atom. The smallest absolute Gasteiger partial charge is 0.422 e. The van der Waals surface area contributed by atoms with Gasteiger partial charge in [0.2, 0.25) is 0 Å². The summed E-state index contributed by atoms with van der Waals surface area (Å²) in [5.74, 6) is 0.109. The van der Waals surface area contributed by atoms with Crippen LogP contribution in [0.2, 0.25) is 0 Å². The number of hydrogen-bond acceptors (Lipinski definition) is 2. The zero-order valence-electron chi connectivity index (χ0n) is 8.97. The van der Waals surface area contributed by atoms with E-state index in [0.29, 0.717) is 11.3 Å². The Bertz CT molecular complexity index is 419. The largest absolute Gasteiger partial charge is 0.484 e. The lowest BCUT2D eigenvalue weighted by atomic mass is 10.2. The highest BCUT2D eigenvalue weighted by Crippen LogP contribution is 2.24. The van der Waals surface area contributed by atoms with E-state index in [1.165, 1.54) is 18.2 Å². The number of ether oxygens (including phenoxy) is 1. The van der Waals surface area contributed by atoms with Gasteiger partial charge >= 0.3 is 12.2 Å². The normalized spacial score (nSPS) is 11.1. The fourth-order valence-electron chi connectivity index (χ4n) is 1.19. The molecule has 0 radical (unpaired) electrons. The second kappa shape index (κ2) is 4.94. The number of anilines is 1. The Morgan fingerprint density at radius 3 is 2.59 bits per heavy atom. The monoisotopic (exact) mass is 248 g/mol. The summed E-state index contributed by atoms with van der Waals surface area (Å²) in [4.78, 5) is 10.6. The van der Waals surface area contributed by atoms with Crippen molar-refractivity contribution in [2.45, 2.75) is 13.1 Å². The van der Waals surface area contributed by atoms with E-state index in [2.05, 4.69) is 10.1 Å². The summed E-state index contributed by atoms with van der Waals surface area (Å²) < 4.78 is 40.4. The number of rotatable bonds is 3. The van der Waals surface area contributed by atoms with Crippen molar-refractivity contribution in [3.63, 3.8) is 0 Å². The van der Waals surface area contributed by atoms with Gasteiger partial charge < -0.3 is 15.8 Å². The van der Waals surface area contributed by atoms with E-state index < -0.39 is 18.8 Å². The predicted molar refractivity (Wildman–Crippen MR) is 55.9 cm³/mol. The molecule has 0 saturated carbocycles. The SMILES string of the molecule is Cc1cc(NC(N)=O)ccc1OCC(F)(F)F. The molecule has 0 bridgehead atoms. The van der Waals surface area contributed by atoms with Crippen molar-refractivity contribution in [2.24, 2.45) is 5.73 Å². The molecule has 17 heavy (non-hydrogen) atoms. The molecule has 0 fully saturated rings. The Balaban J connectivity index is 2.73. The number of benzene rings is 1. The first-order valence-electron chi connectivity index (χ1n) is 4.64. The van der Waals surface area contributed by atoms with Crippen LogP contribution < -0.4 is 15.8 Å². The summed E-state index contributed by atoms with van der Waals surface area (Å²) in [6.45, 7) is 0.217. The number of primary amides is 1. The van der Waals surface area contributed by atoms with Crippen LogP contribution in [0.3, 0.4) is 0 Å². The zero-order valence-corrected chi connectivity index (χ0v) is 8.97. The molecular formula is C10H11F3N2O2. The van der Waals surface area contributed by atoms with Gasteiger partial charge in [0, 0.05) is 5.69 Å². The third-order valence-electron chi connectivity index (χ3n) is 1.83. The summed E-state index contributed by atoms with van der Waals surface area (Å²) in [6.07, 6.45) is -4.38. The molecular weight excluding hydrogens is 237 g/mol. The molecule has 0 aliphatic heterocycles. The van der Waals surface area contributed by atoms with Gasteiger partial charge in [-0.3, -0.25) is 0 Å². The summed E-state index contributed by atoms with van der Waals surface area (Å²) in [6, 6.07) is 3.47. The first kappa shape index (κ1) is 13.1. The van der Waals surface area contributed by atoms with Gasteiger partial charge in [-0.2, -0.15) is 13.2 Å². The molecule has 0 atom stereocenters. The van der Waals surface area contributed by atoms with Crippen LogP contribution in [-0.2, 0) is 0 Å². The van der Waals surface area contributed by atoms with Gasteiger partial charge in [-0.1, -0.05) is 0 Å². The summed E-state index contributed by atoms with van der Waals surface area (Å²) in [7, 11) is 0. The van der Waals surface area contributed by atoms with Crippen LogP contribution in [0.4, 0.5) is 23.7 Å². The minimum Gasteiger partial charge on any atom is -0.484 e. The quantitative estimate of drug-likeness (QED) is 0.862. The lowest BCUT2D eigenvalue weighted by Crippen LogP contribution is -2.20. The summed E-state index contributed by atoms with van der Waals surface area (Å²) in [5.41, 5.74) is 5.77. The maximum absolute atomic E-state index is 11.9. The molecule has 1 aromatic rings. The molecule has 0 saturated heterocycles. The first-order chi connectivity index (χ1) is 7.78. The highest BCUT2D eigenvalue weighted by atomic mass is 19.4. The van der Waals surface area contributed by atoms with E-state index in [4.69, 9.17) is 5.73 Å². The Hall–Kier alpha value is -1.92. The number of halogens is 3. The minimum absolute atomic E-state index is 0.109. The standard InChI is InChI=1S/C10H11F3N2O2/c1-6-4-7(15-9(14)16)2-3-8(6)17-5-10(11,12)13/h2-4H,5H2,1H3,(H3,14,15,16). The van der Waals surface area contributed by atoms with Crippen molar-refractivity contribution >= 4 is 11.7 Å². The molecule has 0 aromatic heterocycles. The fraction of sp³-hybridized carbons (Fsp3) is 0.300. The molecule has 1 aromatic carbocycles. The molecule has 0 heterocycles. The second-order valence-corrected chi connectivity index (χ2v) is 3.37. The molecule has 94 valence electrons. The number of carbonyl (C=O) groups is 1. The van der Waals surface area contributed by atoms with E-state index in [1.807, 2.05) is 0 Å². The molecule has 3 N–H and O–H groups in total. The number of carbonyl (C=O) groups excluding carboxylic acids is 1. The number of urea groups is 1. The van der Waals surface area contributed by atoms with Gasteiger partial charge in [-0.05, 0) is 30.7 Å². The summed E-state index contributed by atoms with van der Waals surface area (Å²) in [5, 5.41) is 2.31. The van der Waals surface area contributed by atoms with Crippen LogP contribution in [0.25, 0.3) is 0 Å². The maximum Gasteiger partial charge on any atom is 0.422 e. The van der Waals surface area contributed by atoms with E-state index in [-0.39, 0.29) is 5.75 Å². The molecule has 4 nitrogen and oxygen atoms in total. The van der Waals surface area contributed by atoms with Crippen LogP contribution in [0.15, 0.2) is 18.2 Å². The zero-order chi connectivity index (χ0) is 13.1. The molecule has 2 amide bonds. The third-order valence-corrected chi connectivity index (χ3v) is 1.83. The Kier molecular flexibility index (Phi) is 3.82. The average molecular weight is 248 g/mol. The van der Waals surface area contributed by atoms with Gasteiger partial charge in [0.25, 0.3) is 0 Å². The highest BCUT2D eigenvalue weighted by Gasteiger charge is 2.28. The number of alkyl halides is 3. The molecule has 7 heteroatoms. The van der Waals surface area contributed by atoms with Gasteiger partial charge in [0.1, 0.15) is 5.75 Å². The molecule has 0 spiro atoms. The minimum atomic E-state index is -4.38. The Morgan fingerprint density at radius 1 is 1.47 bits per heavy atom. The molecule has 0 aliphatic carbocycles. The Labute approximate surface area is 95.6 Å². The number of amides is 2. The number of nitrogens with one attached hydrogen (secondary N) is 1. The van der Waals surface area contributed by atoms with Crippen LogP contribution in [0.5, 0.6) is 5.75 Å². The number of hydrogen-bond donors (Lipinski definition) is 2. The lowest BCUT2D eigenvalue weighted by molar-refractivity contribution is -0.153. The van der Waals surface area contributed by atoms with Crippen molar-refractivity contribution in [1.82, 2.24) is 0 Å². The molecule has 0 aliphatic rings. The van der Waals surface area contributed by atoms with Crippen molar-refractivity contribution in [3.05, 3.63) is 23.8 Å². The van der Waals surface area contributed by atoms with Crippen molar-refractivity contribution < 1.29 is 22.7 Å². The van der Waals surface area contributed by atoms with E-state index >= 15 is 0 Å².